The highest BCUT2D eigenvalue weighted by atomic mass is 16.5. The minimum absolute atomic E-state index is 0.262. The zero-order valence-corrected chi connectivity index (χ0v) is 18.8. The van der Waals surface area contributed by atoms with E-state index in [1.165, 1.54) is 0 Å². The number of nitrogens with zero attached hydrogens (tertiary/aromatic N) is 6. The molecule has 2 saturated heterocycles. The van der Waals surface area contributed by atoms with Crippen LogP contribution in [0.2, 0.25) is 0 Å². The molecule has 4 rings (SSSR count). The molecule has 2 aliphatic heterocycles. The maximum absolute atomic E-state index is 5.77. The fraction of sp³-hybridized carbons (Fsp3) is 0.636. The van der Waals surface area contributed by atoms with Gasteiger partial charge in [0.1, 0.15) is 18.2 Å². The number of nitrogens with one attached hydrogen (secondary N) is 2. The van der Waals surface area contributed by atoms with E-state index in [4.69, 9.17) is 9.73 Å². The van der Waals surface area contributed by atoms with E-state index in [0.717, 1.165) is 81.0 Å². The van der Waals surface area contributed by atoms with Gasteiger partial charge in [-0.2, -0.15) is 0 Å². The molecule has 31 heavy (non-hydrogen) atoms. The van der Waals surface area contributed by atoms with Crippen molar-refractivity contribution in [3.05, 3.63) is 35.5 Å². The average molecular weight is 427 g/mol. The monoisotopic (exact) mass is 426 g/mol. The number of aliphatic imine (C=N–C) groups is 1. The average Bonchev–Trinajstić information content (AvgIpc) is 3.41. The molecular formula is C22H34N8O. The SMILES string of the molecule is Cc1cccc(N2CCC(NC(=NCc3nnc(C)n3C)NCC3CCCO3)CC2)n1. The van der Waals surface area contributed by atoms with Gasteiger partial charge >= 0.3 is 0 Å². The Bertz CT molecular complexity index is 881. The van der Waals surface area contributed by atoms with Gasteiger partial charge in [0.25, 0.3) is 0 Å². The summed E-state index contributed by atoms with van der Waals surface area (Å²) in [6.07, 6.45) is 4.58. The van der Waals surface area contributed by atoms with Crippen molar-refractivity contribution in [1.29, 1.82) is 0 Å². The lowest BCUT2D eigenvalue weighted by molar-refractivity contribution is 0.113. The summed E-state index contributed by atoms with van der Waals surface area (Å²) >= 11 is 0. The summed E-state index contributed by atoms with van der Waals surface area (Å²) in [6, 6.07) is 6.59. The van der Waals surface area contributed by atoms with Gasteiger partial charge in [-0.05, 0) is 51.7 Å². The van der Waals surface area contributed by atoms with E-state index in [0.29, 0.717) is 12.6 Å². The first-order chi connectivity index (χ1) is 15.1. The van der Waals surface area contributed by atoms with E-state index >= 15 is 0 Å². The number of anilines is 1. The zero-order valence-electron chi connectivity index (χ0n) is 18.8. The van der Waals surface area contributed by atoms with Gasteiger partial charge < -0.3 is 24.8 Å². The van der Waals surface area contributed by atoms with Crippen LogP contribution in [0.1, 0.15) is 43.0 Å². The van der Waals surface area contributed by atoms with Gasteiger partial charge in [0.2, 0.25) is 0 Å². The number of rotatable bonds is 6. The highest BCUT2D eigenvalue weighted by Crippen LogP contribution is 2.18. The number of hydrogen-bond donors (Lipinski definition) is 2. The van der Waals surface area contributed by atoms with Crippen LogP contribution in [-0.2, 0) is 18.3 Å². The molecule has 2 fully saturated rings. The van der Waals surface area contributed by atoms with Gasteiger partial charge in [0.15, 0.2) is 11.8 Å². The molecule has 0 spiro atoms. The smallest absolute Gasteiger partial charge is 0.192 e. The molecule has 0 amide bonds. The van der Waals surface area contributed by atoms with Gasteiger partial charge in [-0.25, -0.2) is 9.98 Å². The number of pyridine rings is 1. The second-order valence-corrected chi connectivity index (χ2v) is 8.45. The predicted octanol–water partition coefficient (Wildman–Crippen LogP) is 1.71. The van der Waals surface area contributed by atoms with Gasteiger partial charge in [-0.1, -0.05) is 6.07 Å². The first-order valence-electron chi connectivity index (χ1n) is 11.3. The van der Waals surface area contributed by atoms with E-state index in [9.17, 15) is 0 Å². The van der Waals surface area contributed by atoms with Crippen molar-refractivity contribution >= 4 is 11.8 Å². The molecule has 9 nitrogen and oxygen atoms in total. The summed E-state index contributed by atoms with van der Waals surface area (Å²) in [4.78, 5) is 11.8. The third kappa shape index (κ3) is 5.72. The normalized spacial score (nSPS) is 20.3. The van der Waals surface area contributed by atoms with Crippen LogP contribution in [0, 0.1) is 13.8 Å². The molecule has 9 heteroatoms. The fourth-order valence-electron chi connectivity index (χ4n) is 4.06. The molecule has 0 saturated carbocycles. The molecular weight excluding hydrogens is 392 g/mol. The lowest BCUT2D eigenvalue weighted by atomic mass is 10.1. The third-order valence-corrected chi connectivity index (χ3v) is 6.12. The van der Waals surface area contributed by atoms with Crippen LogP contribution in [0.5, 0.6) is 0 Å². The van der Waals surface area contributed by atoms with E-state index in [1.807, 2.05) is 31.5 Å². The van der Waals surface area contributed by atoms with Gasteiger partial charge in [0.05, 0.1) is 6.10 Å². The standard InChI is InChI=1S/C22H34N8O/c1-16-6-4-8-20(25-16)30-11-9-18(10-12-30)26-22(23-14-19-7-5-13-31-19)24-15-21-28-27-17(2)29(21)3/h4,6,8,18-19H,5,7,9-15H2,1-3H3,(H2,23,24,26). The molecule has 2 aromatic heterocycles. The summed E-state index contributed by atoms with van der Waals surface area (Å²) in [5.41, 5.74) is 1.06. The number of piperidine rings is 1. The maximum Gasteiger partial charge on any atom is 0.192 e. The molecule has 2 aliphatic rings. The van der Waals surface area contributed by atoms with Crippen LogP contribution in [0.15, 0.2) is 23.2 Å². The summed E-state index contributed by atoms with van der Waals surface area (Å²) in [7, 11) is 1.97. The highest BCUT2D eigenvalue weighted by Gasteiger charge is 2.22. The summed E-state index contributed by atoms with van der Waals surface area (Å²) in [6.45, 7) is 8.08. The Morgan fingerprint density at radius 2 is 2.03 bits per heavy atom. The molecule has 1 atom stereocenters. The Morgan fingerprint density at radius 3 is 2.71 bits per heavy atom. The second kappa shape index (κ2) is 10.1. The zero-order chi connectivity index (χ0) is 21.6. The molecule has 168 valence electrons. The summed E-state index contributed by atoms with van der Waals surface area (Å²) in [5.74, 6) is 3.64. The molecule has 2 aromatic rings. The topological polar surface area (TPSA) is 92.5 Å². The summed E-state index contributed by atoms with van der Waals surface area (Å²) in [5, 5.41) is 15.5. The Labute approximate surface area is 184 Å². The van der Waals surface area contributed by atoms with Crippen LogP contribution in [-0.4, -0.2) is 64.1 Å². The van der Waals surface area contributed by atoms with Crippen molar-refractivity contribution in [2.24, 2.45) is 12.0 Å². The quantitative estimate of drug-likeness (QED) is 0.537. The van der Waals surface area contributed by atoms with Gasteiger partial charge in [-0.15, -0.1) is 10.2 Å². The second-order valence-electron chi connectivity index (χ2n) is 8.45. The Hall–Kier alpha value is -2.68. The van der Waals surface area contributed by atoms with Crippen molar-refractivity contribution < 1.29 is 4.74 Å². The first-order valence-corrected chi connectivity index (χ1v) is 11.3. The lowest BCUT2D eigenvalue weighted by Crippen LogP contribution is -2.50. The van der Waals surface area contributed by atoms with Crippen molar-refractivity contribution in [2.75, 3.05) is 31.1 Å². The Morgan fingerprint density at radius 1 is 1.19 bits per heavy atom. The highest BCUT2D eigenvalue weighted by molar-refractivity contribution is 5.80. The maximum atomic E-state index is 5.77. The lowest BCUT2D eigenvalue weighted by Gasteiger charge is -2.34. The van der Waals surface area contributed by atoms with Gasteiger partial charge in [-0.3, -0.25) is 0 Å². The Balaban J connectivity index is 1.35. The molecule has 0 aliphatic carbocycles. The van der Waals surface area contributed by atoms with Crippen molar-refractivity contribution in [2.45, 2.75) is 58.2 Å². The third-order valence-electron chi connectivity index (χ3n) is 6.12. The number of ether oxygens (including phenoxy) is 1. The number of hydrogen-bond acceptors (Lipinski definition) is 6. The minimum Gasteiger partial charge on any atom is -0.376 e. The van der Waals surface area contributed by atoms with Crippen LogP contribution in [0.3, 0.4) is 0 Å². The molecule has 0 radical (unpaired) electrons. The van der Waals surface area contributed by atoms with E-state index in [1.54, 1.807) is 0 Å². The van der Waals surface area contributed by atoms with E-state index < -0.39 is 0 Å². The number of guanidine groups is 1. The number of aryl methyl sites for hydroxylation is 2. The van der Waals surface area contributed by atoms with Crippen molar-refractivity contribution in [3.63, 3.8) is 0 Å². The van der Waals surface area contributed by atoms with Crippen molar-refractivity contribution in [3.8, 4) is 0 Å². The molecule has 0 bridgehead atoms. The largest absolute Gasteiger partial charge is 0.376 e. The van der Waals surface area contributed by atoms with Crippen LogP contribution >= 0.6 is 0 Å². The molecule has 0 aromatic carbocycles. The Kier molecular flexibility index (Phi) is 7.01. The van der Waals surface area contributed by atoms with Crippen LogP contribution in [0.4, 0.5) is 5.82 Å². The van der Waals surface area contributed by atoms with E-state index in [-0.39, 0.29) is 6.10 Å². The predicted molar refractivity (Wildman–Crippen MR) is 121 cm³/mol. The number of aromatic nitrogens is 4. The minimum atomic E-state index is 0.262. The molecule has 2 N–H and O–H groups in total. The van der Waals surface area contributed by atoms with Crippen molar-refractivity contribution in [1.82, 2.24) is 30.4 Å². The van der Waals surface area contributed by atoms with Crippen LogP contribution < -0.4 is 15.5 Å². The van der Waals surface area contributed by atoms with Crippen LogP contribution in [0.25, 0.3) is 0 Å². The van der Waals surface area contributed by atoms with E-state index in [2.05, 4.69) is 42.8 Å². The fourth-order valence-corrected chi connectivity index (χ4v) is 4.06. The summed E-state index contributed by atoms with van der Waals surface area (Å²) < 4.78 is 7.75. The first kappa shape index (κ1) is 21.5. The molecule has 4 heterocycles. The van der Waals surface area contributed by atoms with Gasteiger partial charge in [0, 0.05) is 45.0 Å². The molecule has 1 unspecified atom stereocenters.